The van der Waals surface area contributed by atoms with Gasteiger partial charge in [0.15, 0.2) is 0 Å². The highest BCUT2D eigenvalue weighted by atomic mass is 35.5. The maximum atomic E-state index is 13.0. The number of nitrogens with zero attached hydrogens (tertiary/aromatic N) is 4. The number of para-hydroxylation sites is 1. The number of carbonyl (C=O) groups is 1. The molecule has 3 aromatic carbocycles. The number of hydrogen-bond acceptors (Lipinski definition) is 7. The Balaban J connectivity index is 0.00000353. The normalized spacial score (nSPS) is 14.5. The number of likely N-dealkylation sites (tertiary alicyclic amines) is 1. The van der Waals surface area contributed by atoms with E-state index in [-0.39, 0.29) is 13.3 Å². The van der Waals surface area contributed by atoms with Gasteiger partial charge in [0, 0.05) is 63.9 Å². The van der Waals surface area contributed by atoms with Crippen LogP contribution in [0.15, 0.2) is 77.9 Å². The summed E-state index contributed by atoms with van der Waals surface area (Å²) in [4.78, 5) is 29.4. The summed E-state index contributed by atoms with van der Waals surface area (Å²) in [6.45, 7) is 1.95. The van der Waals surface area contributed by atoms with Gasteiger partial charge in [0.2, 0.25) is 5.95 Å². The minimum atomic E-state index is 0. The minimum Gasteiger partial charge on any atom is -0.496 e. The van der Waals surface area contributed by atoms with E-state index in [0.29, 0.717) is 29.1 Å². The Morgan fingerprint density at radius 3 is 2.50 bits per heavy atom. The highest BCUT2D eigenvalue weighted by molar-refractivity contribution is 6.31. The van der Waals surface area contributed by atoms with Gasteiger partial charge in [-0.1, -0.05) is 37.2 Å². The van der Waals surface area contributed by atoms with Gasteiger partial charge in [-0.05, 0) is 68.4 Å². The van der Waals surface area contributed by atoms with Crippen LogP contribution < -0.4 is 15.4 Å². The molecular weight excluding hydrogens is 548 g/mol. The Bertz CT molecular complexity index is 1610. The molecule has 0 aliphatic carbocycles. The molecule has 6 rings (SSSR count). The van der Waals surface area contributed by atoms with Gasteiger partial charge in [-0.25, -0.2) is 9.97 Å². The fourth-order valence-corrected chi connectivity index (χ4v) is 5.61. The average Bonchev–Trinajstić information content (AvgIpc) is 3.17. The van der Waals surface area contributed by atoms with Crippen molar-refractivity contribution in [2.24, 2.45) is 4.99 Å². The molecule has 4 aromatic rings. The van der Waals surface area contributed by atoms with Gasteiger partial charge < -0.3 is 20.3 Å². The average molecular weight is 583 g/mol. The van der Waals surface area contributed by atoms with Gasteiger partial charge in [-0.3, -0.25) is 9.79 Å². The van der Waals surface area contributed by atoms with E-state index in [2.05, 4.69) is 15.6 Å². The molecule has 1 aromatic heterocycles. The molecule has 1 fully saturated rings. The predicted molar refractivity (Wildman–Crippen MR) is 169 cm³/mol. The molecule has 9 heteroatoms. The van der Waals surface area contributed by atoms with Crippen LogP contribution in [-0.2, 0) is 6.54 Å². The lowest BCUT2D eigenvalue weighted by Crippen LogP contribution is -2.43. The minimum absolute atomic E-state index is 0. The first-order valence-electron chi connectivity index (χ1n) is 13.7. The number of aliphatic imine (C=N–C) groups is 1. The number of ether oxygens (including phenoxy) is 1. The number of rotatable bonds is 6. The largest absolute Gasteiger partial charge is 0.496 e. The van der Waals surface area contributed by atoms with E-state index >= 15 is 0 Å². The number of anilines is 2. The Morgan fingerprint density at radius 2 is 1.76 bits per heavy atom. The van der Waals surface area contributed by atoms with Crippen molar-refractivity contribution in [2.75, 3.05) is 32.6 Å². The number of fused-ring (bicyclic) bond motifs is 3. The van der Waals surface area contributed by atoms with E-state index in [1.165, 1.54) is 0 Å². The van der Waals surface area contributed by atoms with Crippen molar-refractivity contribution in [2.45, 2.75) is 32.9 Å². The van der Waals surface area contributed by atoms with Crippen LogP contribution in [0.1, 0.15) is 47.3 Å². The molecule has 0 spiro atoms. The van der Waals surface area contributed by atoms with Crippen molar-refractivity contribution in [1.29, 1.82) is 0 Å². The van der Waals surface area contributed by atoms with E-state index in [9.17, 15) is 4.79 Å². The first-order chi connectivity index (χ1) is 20.0. The molecule has 42 heavy (non-hydrogen) atoms. The smallest absolute Gasteiger partial charge is 0.253 e. The molecule has 1 saturated heterocycles. The van der Waals surface area contributed by atoms with Gasteiger partial charge in [-0.2, -0.15) is 0 Å². The number of methoxy groups -OCH3 is 1. The third kappa shape index (κ3) is 5.86. The summed E-state index contributed by atoms with van der Waals surface area (Å²) in [5.74, 6) is 1.26. The molecule has 0 unspecified atom stereocenters. The lowest BCUT2D eigenvalue weighted by Gasteiger charge is -2.31. The number of amides is 1. The monoisotopic (exact) mass is 582 g/mol. The fraction of sp³-hybridized carbons (Fsp3) is 0.273. The van der Waals surface area contributed by atoms with Gasteiger partial charge in [0.05, 0.1) is 25.1 Å². The van der Waals surface area contributed by atoms with Crippen LogP contribution in [0.25, 0.3) is 11.3 Å². The van der Waals surface area contributed by atoms with Crippen LogP contribution in [0.3, 0.4) is 0 Å². The first-order valence-corrected chi connectivity index (χ1v) is 14.1. The molecule has 2 aliphatic rings. The Morgan fingerprint density at radius 1 is 1.00 bits per heavy atom. The van der Waals surface area contributed by atoms with Crippen molar-refractivity contribution in [3.05, 3.63) is 100 Å². The van der Waals surface area contributed by atoms with Gasteiger partial charge in [-0.15, -0.1) is 0 Å². The van der Waals surface area contributed by atoms with Crippen LogP contribution in [0.2, 0.25) is 5.02 Å². The zero-order chi connectivity index (χ0) is 28.3. The van der Waals surface area contributed by atoms with Crippen LogP contribution in [0.4, 0.5) is 11.6 Å². The van der Waals surface area contributed by atoms with Crippen LogP contribution >= 0.6 is 11.6 Å². The molecule has 3 heterocycles. The van der Waals surface area contributed by atoms with Crippen molar-refractivity contribution >= 4 is 34.9 Å². The van der Waals surface area contributed by atoms with E-state index in [1.807, 2.05) is 84.9 Å². The third-order valence-corrected chi connectivity index (χ3v) is 7.94. The first kappa shape index (κ1) is 29.2. The summed E-state index contributed by atoms with van der Waals surface area (Å²) < 4.78 is 5.64. The number of hydrogen-bond donors (Lipinski definition) is 2. The predicted octanol–water partition coefficient (Wildman–Crippen LogP) is 6.36. The second-order valence-electron chi connectivity index (χ2n) is 10.2. The number of piperidine rings is 1. The maximum absolute atomic E-state index is 13.0. The fourth-order valence-electron chi connectivity index (χ4n) is 5.43. The number of carbonyl (C=O) groups excluding carboxylic acids is 1. The van der Waals surface area contributed by atoms with Crippen molar-refractivity contribution < 1.29 is 9.53 Å². The van der Waals surface area contributed by atoms with Crippen LogP contribution in [-0.4, -0.2) is 59.8 Å². The standard InChI is InChI=1S/C32H31ClN6O2.CH4/c1-34-23-13-15-39(16-14-23)31(40)20-7-10-24(11-8-20)37-32-36-19-21-18-35-30(26-5-3-4-6-28(26)41-2)27-17-22(33)9-12-25(27)29(21)38-32;/h3-12,17,19,23,34H,13-16,18H2,1-2H3,(H,36,37,38);1H4. The molecule has 8 nitrogen and oxygen atoms in total. The summed E-state index contributed by atoms with van der Waals surface area (Å²) >= 11 is 6.46. The van der Waals surface area contributed by atoms with Crippen LogP contribution in [0.5, 0.6) is 5.75 Å². The molecule has 0 bridgehead atoms. The quantitative estimate of drug-likeness (QED) is 0.275. The summed E-state index contributed by atoms with van der Waals surface area (Å²) in [6.07, 6.45) is 3.75. The molecule has 0 radical (unpaired) electrons. The molecule has 2 aliphatic heterocycles. The number of nitrogens with one attached hydrogen (secondary N) is 2. The zero-order valence-corrected chi connectivity index (χ0v) is 23.8. The molecule has 216 valence electrons. The Hall–Kier alpha value is -4.27. The summed E-state index contributed by atoms with van der Waals surface area (Å²) in [6, 6.07) is 21.5. The molecule has 0 atom stereocenters. The molecule has 0 saturated carbocycles. The Kier molecular flexibility index (Phi) is 8.85. The third-order valence-electron chi connectivity index (χ3n) is 7.70. The number of halogens is 1. The van der Waals surface area contributed by atoms with Crippen molar-refractivity contribution in [1.82, 2.24) is 20.2 Å². The highest BCUT2D eigenvalue weighted by Gasteiger charge is 2.24. The molecule has 1 amide bonds. The topological polar surface area (TPSA) is 91.7 Å². The summed E-state index contributed by atoms with van der Waals surface area (Å²) in [5, 5.41) is 7.22. The number of aromatic nitrogens is 2. The van der Waals surface area contributed by atoms with E-state index in [0.717, 1.165) is 71.0 Å². The lowest BCUT2D eigenvalue weighted by molar-refractivity contribution is 0.0707. The van der Waals surface area contributed by atoms with Gasteiger partial charge >= 0.3 is 0 Å². The van der Waals surface area contributed by atoms with Crippen LogP contribution in [0, 0.1) is 0 Å². The van der Waals surface area contributed by atoms with Gasteiger partial charge in [0.25, 0.3) is 5.91 Å². The SMILES string of the molecule is C.CNC1CCN(C(=O)c2ccc(Nc3ncc4c(n3)-c3ccc(Cl)cc3C(c3ccccc3OC)=NC4)cc2)CC1. The zero-order valence-electron chi connectivity index (χ0n) is 23.0. The summed E-state index contributed by atoms with van der Waals surface area (Å²) in [5.41, 5.74) is 6.65. The molecular formula is C33H35ClN6O2. The summed E-state index contributed by atoms with van der Waals surface area (Å²) in [7, 11) is 3.63. The van der Waals surface area contributed by atoms with Gasteiger partial charge in [0.1, 0.15) is 5.75 Å². The second-order valence-corrected chi connectivity index (χ2v) is 10.6. The highest BCUT2D eigenvalue weighted by Crippen LogP contribution is 2.35. The molecule has 2 N–H and O–H groups in total. The van der Waals surface area contributed by atoms with E-state index in [1.54, 1.807) is 7.11 Å². The van der Waals surface area contributed by atoms with Crippen molar-refractivity contribution in [3.63, 3.8) is 0 Å². The lowest BCUT2D eigenvalue weighted by atomic mass is 9.95. The van der Waals surface area contributed by atoms with Crippen molar-refractivity contribution in [3.8, 4) is 17.0 Å². The number of benzene rings is 3. The maximum Gasteiger partial charge on any atom is 0.253 e. The van der Waals surface area contributed by atoms with E-state index < -0.39 is 0 Å². The Labute approximate surface area is 251 Å². The van der Waals surface area contributed by atoms with E-state index in [4.69, 9.17) is 26.3 Å². The second kappa shape index (κ2) is 12.7.